The summed E-state index contributed by atoms with van der Waals surface area (Å²) in [5.41, 5.74) is 3.30. The van der Waals surface area contributed by atoms with Gasteiger partial charge in [-0.3, -0.25) is 0 Å². The number of hydrogen-bond acceptors (Lipinski definition) is 1. The van der Waals surface area contributed by atoms with Crippen molar-refractivity contribution < 1.29 is 0 Å². The van der Waals surface area contributed by atoms with Gasteiger partial charge in [-0.05, 0) is 23.8 Å². The van der Waals surface area contributed by atoms with E-state index in [1.165, 1.54) is 31.4 Å². The van der Waals surface area contributed by atoms with Crippen LogP contribution in [-0.4, -0.2) is 5.75 Å². The van der Waals surface area contributed by atoms with Crippen molar-refractivity contribution in [2.75, 3.05) is 5.75 Å². The molecule has 0 saturated heterocycles. The average Bonchev–Trinajstić information content (AvgIpc) is 2.09. The molecule has 0 aromatic rings. The first kappa shape index (κ1) is 9.91. The van der Waals surface area contributed by atoms with Gasteiger partial charge in [0.05, 0.1) is 0 Å². The van der Waals surface area contributed by atoms with Crippen LogP contribution in [-0.2, 0) is 0 Å². The molecule has 0 aromatic heterocycles. The quantitative estimate of drug-likeness (QED) is 0.629. The highest BCUT2D eigenvalue weighted by molar-refractivity contribution is 8.02. The van der Waals surface area contributed by atoms with E-state index >= 15 is 0 Å². The van der Waals surface area contributed by atoms with Crippen LogP contribution in [0.25, 0.3) is 0 Å². The lowest BCUT2D eigenvalue weighted by Crippen LogP contribution is -1.96. The standard InChI is InChI=1S/C11H18S/c1-3-5-10-7-8-12-9-11(10)6-4-2/h7-8H,3-6,9H2,1-2H3. The molecule has 0 spiro atoms. The van der Waals surface area contributed by atoms with Crippen molar-refractivity contribution in [3.05, 3.63) is 22.6 Å². The highest BCUT2D eigenvalue weighted by Crippen LogP contribution is 2.26. The monoisotopic (exact) mass is 182 g/mol. The largest absolute Gasteiger partial charge is 0.130 e. The van der Waals surface area contributed by atoms with Gasteiger partial charge in [0, 0.05) is 5.75 Å². The molecule has 12 heavy (non-hydrogen) atoms. The minimum atomic E-state index is 1.24. The van der Waals surface area contributed by atoms with Crippen molar-refractivity contribution >= 4 is 11.8 Å². The summed E-state index contributed by atoms with van der Waals surface area (Å²) in [5, 5.41) is 2.24. The van der Waals surface area contributed by atoms with Crippen LogP contribution in [0.4, 0.5) is 0 Å². The molecular weight excluding hydrogens is 164 g/mol. The molecule has 0 unspecified atom stereocenters. The van der Waals surface area contributed by atoms with Gasteiger partial charge in [0.25, 0.3) is 0 Å². The van der Waals surface area contributed by atoms with E-state index in [9.17, 15) is 0 Å². The van der Waals surface area contributed by atoms with Crippen LogP contribution in [0.15, 0.2) is 22.6 Å². The normalized spacial score (nSPS) is 17.2. The Bertz CT molecular complexity index is 189. The Balaban J connectivity index is 2.62. The van der Waals surface area contributed by atoms with Crippen molar-refractivity contribution in [1.29, 1.82) is 0 Å². The van der Waals surface area contributed by atoms with E-state index in [1.54, 1.807) is 11.1 Å². The number of allylic oxidation sites excluding steroid dienone is 2. The molecule has 0 atom stereocenters. The Hall–Kier alpha value is -0.170. The second-order valence-electron chi connectivity index (χ2n) is 3.24. The molecule has 0 amide bonds. The molecule has 0 fully saturated rings. The van der Waals surface area contributed by atoms with Gasteiger partial charge < -0.3 is 0 Å². The van der Waals surface area contributed by atoms with Crippen LogP contribution in [0.3, 0.4) is 0 Å². The van der Waals surface area contributed by atoms with Gasteiger partial charge in [-0.25, -0.2) is 0 Å². The van der Waals surface area contributed by atoms with Crippen molar-refractivity contribution in [2.45, 2.75) is 39.5 Å². The van der Waals surface area contributed by atoms with Gasteiger partial charge in [0.1, 0.15) is 0 Å². The number of hydrogen-bond donors (Lipinski definition) is 0. The minimum absolute atomic E-state index is 1.24. The molecule has 1 heterocycles. The summed E-state index contributed by atoms with van der Waals surface area (Å²) in [6.07, 6.45) is 7.44. The van der Waals surface area contributed by atoms with E-state index in [0.29, 0.717) is 0 Å². The molecule has 0 radical (unpaired) electrons. The van der Waals surface area contributed by atoms with Crippen molar-refractivity contribution in [2.24, 2.45) is 0 Å². The minimum Gasteiger partial charge on any atom is -0.130 e. The summed E-state index contributed by atoms with van der Waals surface area (Å²) in [5.74, 6) is 1.24. The van der Waals surface area contributed by atoms with E-state index in [-0.39, 0.29) is 0 Å². The Morgan fingerprint density at radius 1 is 1.25 bits per heavy atom. The maximum atomic E-state index is 2.31. The Kier molecular flexibility index (Phi) is 4.52. The third-order valence-corrected chi connectivity index (χ3v) is 2.99. The first-order chi connectivity index (χ1) is 5.88. The summed E-state index contributed by atoms with van der Waals surface area (Å²) < 4.78 is 0. The molecule has 1 aliphatic rings. The predicted octanol–water partition coefficient (Wildman–Crippen LogP) is 4.14. The first-order valence-electron chi connectivity index (χ1n) is 4.87. The fourth-order valence-corrected chi connectivity index (χ4v) is 2.44. The molecule has 0 aromatic carbocycles. The van der Waals surface area contributed by atoms with E-state index < -0.39 is 0 Å². The molecule has 0 N–H and O–H groups in total. The third kappa shape index (κ3) is 2.71. The molecule has 1 heteroatoms. The van der Waals surface area contributed by atoms with Crippen LogP contribution in [0.2, 0.25) is 0 Å². The maximum Gasteiger partial charge on any atom is 0.0190 e. The smallest absolute Gasteiger partial charge is 0.0190 e. The second-order valence-corrected chi connectivity index (χ2v) is 4.14. The van der Waals surface area contributed by atoms with Crippen LogP contribution in [0.5, 0.6) is 0 Å². The Morgan fingerprint density at radius 2 is 2.00 bits per heavy atom. The SMILES string of the molecule is CCCC1=C(CCC)CSC=C1. The predicted molar refractivity (Wildman–Crippen MR) is 58.4 cm³/mol. The van der Waals surface area contributed by atoms with E-state index in [1.807, 2.05) is 11.8 Å². The molecule has 0 bridgehead atoms. The van der Waals surface area contributed by atoms with Gasteiger partial charge >= 0.3 is 0 Å². The van der Waals surface area contributed by atoms with Crippen LogP contribution in [0.1, 0.15) is 39.5 Å². The Labute approximate surface area is 80.1 Å². The van der Waals surface area contributed by atoms with Crippen LogP contribution in [0, 0.1) is 0 Å². The molecule has 1 aliphatic heterocycles. The number of rotatable bonds is 4. The Morgan fingerprint density at radius 3 is 2.67 bits per heavy atom. The van der Waals surface area contributed by atoms with E-state index in [2.05, 4.69) is 25.3 Å². The summed E-state index contributed by atoms with van der Waals surface area (Å²) in [7, 11) is 0. The van der Waals surface area contributed by atoms with Gasteiger partial charge in [0.2, 0.25) is 0 Å². The second kappa shape index (κ2) is 5.47. The van der Waals surface area contributed by atoms with Crippen molar-refractivity contribution in [1.82, 2.24) is 0 Å². The summed E-state index contributed by atoms with van der Waals surface area (Å²) in [6.45, 7) is 4.52. The molecule has 1 rings (SSSR count). The highest BCUT2D eigenvalue weighted by Gasteiger charge is 2.06. The summed E-state index contributed by atoms with van der Waals surface area (Å²) in [4.78, 5) is 0. The zero-order chi connectivity index (χ0) is 8.81. The summed E-state index contributed by atoms with van der Waals surface area (Å²) >= 11 is 1.93. The lowest BCUT2D eigenvalue weighted by Gasteiger charge is -2.14. The molecule has 0 saturated carbocycles. The maximum absolute atomic E-state index is 2.31. The van der Waals surface area contributed by atoms with Gasteiger partial charge in [0.15, 0.2) is 0 Å². The molecule has 68 valence electrons. The fraction of sp³-hybridized carbons (Fsp3) is 0.636. The van der Waals surface area contributed by atoms with Crippen molar-refractivity contribution in [3.63, 3.8) is 0 Å². The first-order valence-corrected chi connectivity index (χ1v) is 5.92. The van der Waals surface area contributed by atoms with E-state index in [0.717, 1.165) is 0 Å². The van der Waals surface area contributed by atoms with Gasteiger partial charge in [-0.1, -0.05) is 38.3 Å². The van der Waals surface area contributed by atoms with E-state index in [4.69, 9.17) is 0 Å². The molecule has 0 aliphatic carbocycles. The van der Waals surface area contributed by atoms with Crippen LogP contribution < -0.4 is 0 Å². The molecule has 0 nitrogen and oxygen atoms in total. The lowest BCUT2D eigenvalue weighted by molar-refractivity contribution is 0.854. The van der Waals surface area contributed by atoms with Crippen LogP contribution >= 0.6 is 11.8 Å². The zero-order valence-electron chi connectivity index (χ0n) is 8.10. The number of thioether (sulfide) groups is 1. The lowest BCUT2D eigenvalue weighted by atomic mass is 10.0. The van der Waals surface area contributed by atoms with Gasteiger partial charge in [-0.15, -0.1) is 11.8 Å². The fourth-order valence-electron chi connectivity index (χ4n) is 1.55. The van der Waals surface area contributed by atoms with Crippen molar-refractivity contribution in [3.8, 4) is 0 Å². The zero-order valence-corrected chi connectivity index (χ0v) is 8.91. The molecular formula is C11H18S. The summed E-state index contributed by atoms with van der Waals surface area (Å²) in [6, 6.07) is 0. The topological polar surface area (TPSA) is 0 Å². The highest BCUT2D eigenvalue weighted by atomic mass is 32.2. The van der Waals surface area contributed by atoms with Gasteiger partial charge in [-0.2, -0.15) is 0 Å². The third-order valence-electron chi connectivity index (χ3n) is 2.15. The average molecular weight is 182 g/mol.